The molecule has 11 heteroatoms. The summed E-state index contributed by atoms with van der Waals surface area (Å²) in [4.78, 5) is -1.11. The molecule has 136 valence electrons. The molecule has 25 heavy (non-hydrogen) atoms. The second kappa shape index (κ2) is 6.41. The van der Waals surface area contributed by atoms with Gasteiger partial charge in [0.25, 0.3) is 10.0 Å². The lowest BCUT2D eigenvalue weighted by atomic mass is 10.2. The molecule has 0 atom stereocenters. The summed E-state index contributed by atoms with van der Waals surface area (Å²) in [5.74, 6) is 0. The average molecular weight is 404 g/mol. The number of hydrogen-bond donors (Lipinski definition) is 1. The molecule has 0 heterocycles. The fraction of sp³-hybridized carbons (Fsp3) is 0.143. The van der Waals surface area contributed by atoms with Crippen molar-refractivity contribution in [2.24, 2.45) is 0 Å². The topological polar surface area (TPSA) is 46.2 Å². The highest BCUT2D eigenvalue weighted by atomic mass is 35.5. The third-order valence-electron chi connectivity index (χ3n) is 3.01. The first-order valence-electron chi connectivity index (χ1n) is 6.38. The highest BCUT2D eigenvalue weighted by Gasteiger charge is 2.37. The van der Waals surface area contributed by atoms with E-state index in [1.165, 1.54) is 0 Å². The van der Waals surface area contributed by atoms with E-state index < -0.39 is 49.1 Å². The van der Waals surface area contributed by atoms with Gasteiger partial charge in [0.2, 0.25) is 0 Å². The van der Waals surface area contributed by atoms with Gasteiger partial charge in [-0.15, -0.1) is 0 Å². The molecule has 0 aliphatic carbocycles. The predicted octanol–water partition coefficient (Wildman–Crippen LogP) is 5.18. The number of halogens is 7. The molecule has 3 nitrogen and oxygen atoms in total. The Morgan fingerprint density at radius 2 is 1.40 bits per heavy atom. The quantitative estimate of drug-likeness (QED) is 0.718. The Hall–Kier alpha value is -1.94. The van der Waals surface area contributed by atoms with Crippen molar-refractivity contribution in [3.63, 3.8) is 0 Å². The van der Waals surface area contributed by atoms with Crippen molar-refractivity contribution in [2.45, 2.75) is 17.2 Å². The van der Waals surface area contributed by atoms with Gasteiger partial charge in [0.15, 0.2) is 0 Å². The monoisotopic (exact) mass is 403 g/mol. The number of alkyl halides is 6. The fourth-order valence-corrected chi connectivity index (χ4v) is 3.45. The maximum Gasteiger partial charge on any atom is 0.417 e. The molecular weight excluding hydrogens is 396 g/mol. The number of benzene rings is 2. The van der Waals surface area contributed by atoms with Crippen LogP contribution in [0.2, 0.25) is 5.02 Å². The molecule has 0 radical (unpaired) electrons. The van der Waals surface area contributed by atoms with Gasteiger partial charge < -0.3 is 0 Å². The van der Waals surface area contributed by atoms with Crippen molar-refractivity contribution in [2.75, 3.05) is 4.72 Å². The SMILES string of the molecule is O=S(=O)(Nc1ccc(Cl)c(C(F)(F)F)c1)c1ccccc1C(F)(F)F. The Balaban J connectivity index is 2.48. The zero-order valence-electron chi connectivity index (χ0n) is 11.9. The zero-order valence-corrected chi connectivity index (χ0v) is 13.5. The molecule has 0 aliphatic rings. The molecule has 0 spiro atoms. The van der Waals surface area contributed by atoms with Crippen LogP contribution in [0.4, 0.5) is 32.0 Å². The number of sulfonamides is 1. The molecule has 2 aromatic rings. The molecule has 2 rings (SSSR count). The standard InChI is InChI=1S/C14H8ClF6NO2S/c15-11-6-5-8(7-10(11)14(19,20)21)22-25(23,24)12-4-2-1-3-9(12)13(16,17)18/h1-7,22H. The van der Waals surface area contributed by atoms with Crippen LogP contribution in [-0.2, 0) is 22.4 Å². The first-order chi connectivity index (χ1) is 11.3. The minimum absolute atomic E-state index is 0.399. The molecule has 1 N–H and O–H groups in total. The highest BCUT2D eigenvalue weighted by molar-refractivity contribution is 7.92. The Morgan fingerprint density at radius 3 is 1.96 bits per heavy atom. The van der Waals surface area contributed by atoms with Crippen LogP contribution in [0.15, 0.2) is 47.4 Å². The summed E-state index contributed by atoms with van der Waals surface area (Å²) >= 11 is 5.41. The summed E-state index contributed by atoms with van der Waals surface area (Å²) in [7, 11) is -4.78. The third kappa shape index (κ3) is 4.37. The highest BCUT2D eigenvalue weighted by Crippen LogP contribution is 2.38. The van der Waals surface area contributed by atoms with Gasteiger partial charge in [-0.3, -0.25) is 4.72 Å². The first kappa shape index (κ1) is 19.4. The summed E-state index contributed by atoms with van der Waals surface area (Å²) < 4.78 is 103. The minimum Gasteiger partial charge on any atom is -0.280 e. The van der Waals surface area contributed by atoms with Crippen molar-refractivity contribution in [3.8, 4) is 0 Å². The van der Waals surface area contributed by atoms with E-state index in [0.717, 1.165) is 24.3 Å². The molecule has 0 fully saturated rings. The predicted molar refractivity (Wildman–Crippen MR) is 78.7 cm³/mol. The van der Waals surface area contributed by atoms with E-state index in [2.05, 4.69) is 0 Å². The van der Waals surface area contributed by atoms with Crippen LogP contribution in [0.5, 0.6) is 0 Å². The van der Waals surface area contributed by atoms with Gasteiger partial charge in [-0.25, -0.2) is 8.42 Å². The van der Waals surface area contributed by atoms with Gasteiger partial charge >= 0.3 is 12.4 Å². The average Bonchev–Trinajstić information content (AvgIpc) is 2.47. The number of nitrogens with one attached hydrogen (secondary N) is 1. The zero-order chi connectivity index (χ0) is 19.0. The molecule has 0 amide bonds. The molecule has 2 aromatic carbocycles. The van der Waals surface area contributed by atoms with E-state index in [4.69, 9.17) is 11.6 Å². The van der Waals surface area contributed by atoms with Crippen molar-refractivity contribution in [1.82, 2.24) is 0 Å². The fourth-order valence-electron chi connectivity index (χ4n) is 1.95. The van der Waals surface area contributed by atoms with Crippen LogP contribution >= 0.6 is 11.6 Å². The van der Waals surface area contributed by atoms with Crippen molar-refractivity contribution >= 4 is 27.3 Å². The van der Waals surface area contributed by atoms with Crippen molar-refractivity contribution in [1.29, 1.82) is 0 Å². The summed E-state index contributed by atoms with van der Waals surface area (Å²) in [5.41, 5.74) is -3.33. The summed E-state index contributed by atoms with van der Waals surface area (Å²) in [6, 6.07) is 5.40. The van der Waals surface area contributed by atoms with Crippen LogP contribution in [0.3, 0.4) is 0 Å². The minimum atomic E-state index is -4.96. The Kier molecular flexibility index (Phi) is 4.97. The summed E-state index contributed by atoms with van der Waals surface area (Å²) in [6.45, 7) is 0. The first-order valence-corrected chi connectivity index (χ1v) is 8.24. The molecule has 0 bridgehead atoms. The van der Waals surface area contributed by atoms with Crippen molar-refractivity contribution < 1.29 is 34.8 Å². The van der Waals surface area contributed by atoms with Gasteiger partial charge in [-0.2, -0.15) is 26.3 Å². The summed E-state index contributed by atoms with van der Waals surface area (Å²) in [6.07, 6.45) is -9.81. The van der Waals surface area contributed by atoms with Gasteiger partial charge in [-0.05, 0) is 30.3 Å². The maximum atomic E-state index is 12.9. The molecule has 0 aliphatic heterocycles. The molecule has 0 saturated carbocycles. The second-order valence-electron chi connectivity index (χ2n) is 4.79. The largest absolute Gasteiger partial charge is 0.417 e. The van der Waals surface area contributed by atoms with E-state index in [9.17, 15) is 34.8 Å². The smallest absolute Gasteiger partial charge is 0.280 e. The van der Waals surface area contributed by atoms with Crippen LogP contribution in [0.25, 0.3) is 0 Å². The van der Waals surface area contributed by atoms with Crippen LogP contribution in [-0.4, -0.2) is 8.42 Å². The lowest BCUT2D eigenvalue weighted by Gasteiger charge is -2.15. The molecule has 0 saturated heterocycles. The number of anilines is 1. The Bertz CT molecular complexity index is 893. The van der Waals surface area contributed by atoms with E-state index in [-0.39, 0.29) is 0 Å². The lowest BCUT2D eigenvalue weighted by molar-refractivity contribution is -0.140. The van der Waals surface area contributed by atoms with Crippen LogP contribution in [0, 0.1) is 0 Å². The van der Waals surface area contributed by atoms with E-state index in [0.29, 0.717) is 18.2 Å². The van der Waals surface area contributed by atoms with Gasteiger partial charge in [0.05, 0.1) is 21.0 Å². The van der Waals surface area contributed by atoms with Crippen LogP contribution in [0.1, 0.15) is 11.1 Å². The molecule has 0 aromatic heterocycles. The Labute approximate surface area is 143 Å². The van der Waals surface area contributed by atoms with E-state index in [1.54, 1.807) is 4.72 Å². The van der Waals surface area contributed by atoms with Crippen LogP contribution < -0.4 is 4.72 Å². The van der Waals surface area contributed by atoms with E-state index in [1.807, 2.05) is 0 Å². The molecular formula is C14H8ClF6NO2S. The number of hydrogen-bond acceptors (Lipinski definition) is 2. The normalized spacial score (nSPS) is 12.9. The lowest BCUT2D eigenvalue weighted by Crippen LogP contribution is -2.19. The Morgan fingerprint density at radius 1 is 0.840 bits per heavy atom. The third-order valence-corrected chi connectivity index (χ3v) is 4.77. The van der Waals surface area contributed by atoms with Gasteiger partial charge in [0, 0.05) is 5.69 Å². The second-order valence-corrected chi connectivity index (χ2v) is 6.85. The van der Waals surface area contributed by atoms with E-state index >= 15 is 0 Å². The number of rotatable bonds is 3. The van der Waals surface area contributed by atoms with Gasteiger partial charge in [-0.1, -0.05) is 23.7 Å². The molecule has 0 unspecified atom stereocenters. The maximum absolute atomic E-state index is 12.9. The summed E-state index contributed by atoms with van der Waals surface area (Å²) in [5, 5.41) is -0.675. The van der Waals surface area contributed by atoms with Crippen molar-refractivity contribution in [3.05, 3.63) is 58.6 Å². The van der Waals surface area contributed by atoms with Gasteiger partial charge in [0.1, 0.15) is 0 Å².